The molecule has 0 bridgehead atoms. The van der Waals surface area contributed by atoms with E-state index in [-0.39, 0.29) is 5.41 Å². The predicted molar refractivity (Wildman–Crippen MR) is 73.8 cm³/mol. The smallest absolute Gasteiger partial charge is 0.199 e. The molecule has 0 aromatic carbocycles. The molecule has 1 atom stereocenters. The van der Waals surface area contributed by atoms with Gasteiger partial charge < -0.3 is 5.32 Å². The Balaban J connectivity index is 2.15. The molecule has 1 unspecified atom stereocenters. The van der Waals surface area contributed by atoms with Gasteiger partial charge >= 0.3 is 0 Å². The molecule has 0 amide bonds. The third-order valence-electron chi connectivity index (χ3n) is 3.22. The topological polar surface area (TPSA) is 68.0 Å². The second-order valence-electron chi connectivity index (χ2n) is 5.93. The maximum Gasteiger partial charge on any atom is 0.199 e. The Labute approximate surface area is 113 Å². The largest absolute Gasteiger partial charge is 0.313 e. The van der Waals surface area contributed by atoms with E-state index in [0.29, 0.717) is 11.7 Å². The van der Waals surface area contributed by atoms with Gasteiger partial charge in [-0.1, -0.05) is 27.7 Å². The third-order valence-corrected chi connectivity index (χ3v) is 3.22. The summed E-state index contributed by atoms with van der Waals surface area (Å²) in [5.41, 5.74) is 1.87. The van der Waals surface area contributed by atoms with Crippen LogP contribution in [-0.2, 0) is 6.42 Å². The molecule has 0 spiro atoms. The van der Waals surface area contributed by atoms with Gasteiger partial charge in [-0.05, 0) is 40.9 Å². The first-order valence-corrected chi connectivity index (χ1v) is 6.78. The molecule has 0 aliphatic carbocycles. The maximum atomic E-state index is 4.44. The minimum atomic E-state index is 0.187. The van der Waals surface area contributed by atoms with Crippen molar-refractivity contribution in [2.45, 2.75) is 46.6 Å². The minimum absolute atomic E-state index is 0.187. The van der Waals surface area contributed by atoms with Crippen LogP contribution < -0.4 is 5.32 Å². The predicted octanol–water partition coefficient (Wildman–Crippen LogP) is 1.48. The van der Waals surface area contributed by atoms with Gasteiger partial charge in [-0.2, -0.15) is 5.10 Å². The summed E-state index contributed by atoms with van der Waals surface area (Å²) in [7, 11) is 0. The van der Waals surface area contributed by atoms with E-state index in [9.17, 15) is 0 Å². The van der Waals surface area contributed by atoms with Gasteiger partial charge in [0, 0.05) is 12.5 Å². The zero-order valence-electron chi connectivity index (χ0n) is 12.1. The molecule has 104 valence electrons. The highest BCUT2D eigenvalue weighted by Gasteiger charge is 2.24. The van der Waals surface area contributed by atoms with E-state index in [0.717, 1.165) is 25.1 Å². The van der Waals surface area contributed by atoms with Crippen LogP contribution in [0.2, 0.25) is 0 Å². The Hall–Kier alpha value is -1.56. The summed E-state index contributed by atoms with van der Waals surface area (Å²) < 4.78 is 1.48. The van der Waals surface area contributed by atoms with Gasteiger partial charge in [0.15, 0.2) is 5.65 Å². The van der Waals surface area contributed by atoms with Gasteiger partial charge in [0.05, 0.1) is 5.69 Å². The fourth-order valence-electron chi connectivity index (χ4n) is 2.01. The first-order chi connectivity index (χ1) is 9.00. The van der Waals surface area contributed by atoms with Crippen molar-refractivity contribution < 1.29 is 0 Å². The normalized spacial score (nSPS) is 13.9. The molecule has 6 heteroatoms. The number of nitrogens with one attached hydrogen (secondary N) is 1. The Morgan fingerprint density at radius 1 is 1.32 bits per heavy atom. The first-order valence-electron chi connectivity index (χ1n) is 6.78. The van der Waals surface area contributed by atoms with Crippen LogP contribution >= 0.6 is 0 Å². The van der Waals surface area contributed by atoms with Gasteiger partial charge in [0.1, 0.15) is 0 Å². The van der Waals surface area contributed by atoms with Gasteiger partial charge in [-0.15, -0.1) is 9.73 Å². The maximum absolute atomic E-state index is 4.44. The minimum Gasteiger partial charge on any atom is -0.313 e. The summed E-state index contributed by atoms with van der Waals surface area (Å²) in [6.07, 6.45) is 2.01. The third kappa shape index (κ3) is 3.47. The average molecular weight is 262 g/mol. The van der Waals surface area contributed by atoms with Crippen LogP contribution in [0.3, 0.4) is 0 Å². The first kappa shape index (κ1) is 13.9. The lowest BCUT2D eigenvalue weighted by Gasteiger charge is -2.31. The van der Waals surface area contributed by atoms with Crippen LogP contribution in [0.1, 0.15) is 39.8 Å². The number of hydrogen-bond donors (Lipinski definition) is 1. The standard InChI is InChI=1S/C13H22N6/c1-5-8-14-11(13(2,3)4)9-10-6-7-12-15-17-18-19(12)16-10/h6-7,11,14H,5,8-9H2,1-4H3. The average Bonchev–Trinajstić information content (AvgIpc) is 2.80. The number of fused-ring (bicyclic) bond motifs is 1. The lowest BCUT2D eigenvalue weighted by Crippen LogP contribution is -2.42. The van der Waals surface area contributed by atoms with Crippen LogP contribution in [0.4, 0.5) is 0 Å². The fourth-order valence-corrected chi connectivity index (χ4v) is 2.01. The molecule has 19 heavy (non-hydrogen) atoms. The van der Waals surface area contributed by atoms with E-state index >= 15 is 0 Å². The molecule has 0 aliphatic rings. The van der Waals surface area contributed by atoms with Crippen molar-refractivity contribution in [1.29, 1.82) is 0 Å². The number of aromatic nitrogens is 5. The van der Waals surface area contributed by atoms with Crippen LogP contribution in [-0.4, -0.2) is 37.8 Å². The molecule has 6 nitrogen and oxygen atoms in total. The molecule has 2 heterocycles. The summed E-state index contributed by atoms with van der Waals surface area (Å²) >= 11 is 0. The number of nitrogens with zero attached hydrogens (tertiary/aromatic N) is 5. The summed E-state index contributed by atoms with van der Waals surface area (Å²) in [6.45, 7) is 9.94. The summed E-state index contributed by atoms with van der Waals surface area (Å²) in [5.74, 6) is 0. The quantitative estimate of drug-likeness (QED) is 0.884. The lowest BCUT2D eigenvalue weighted by molar-refractivity contribution is 0.264. The van der Waals surface area contributed by atoms with E-state index in [4.69, 9.17) is 0 Å². The Kier molecular flexibility index (Phi) is 4.09. The van der Waals surface area contributed by atoms with E-state index < -0.39 is 0 Å². The molecule has 0 fully saturated rings. The van der Waals surface area contributed by atoms with E-state index in [1.165, 1.54) is 4.63 Å². The summed E-state index contributed by atoms with van der Waals surface area (Å²) in [5, 5.41) is 19.3. The van der Waals surface area contributed by atoms with Crippen LogP contribution in [0.5, 0.6) is 0 Å². The molecular formula is C13H22N6. The molecular weight excluding hydrogens is 240 g/mol. The van der Waals surface area contributed by atoms with Crippen LogP contribution in [0.15, 0.2) is 12.1 Å². The van der Waals surface area contributed by atoms with Crippen molar-refractivity contribution in [1.82, 2.24) is 30.6 Å². The molecule has 0 saturated carbocycles. The molecule has 0 radical (unpaired) electrons. The zero-order valence-corrected chi connectivity index (χ0v) is 12.1. The van der Waals surface area contributed by atoms with Crippen molar-refractivity contribution in [2.75, 3.05) is 6.54 Å². The van der Waals surface area contributed by atoms with E-state index in [2.05, 4.69) is 53.6 Å². The van der Waals surface area contributed by atoms with Crippen molar-refractivity contribution in [3.63, 3.8) is 0 Å². The van der Waals surface area contributed by atoms with Crippen molar-refractivity contribution >= 4 is 5.65 Å². The molecule has 0 saturated heterocycles. The zero-order chi connectivity index (χ0) is 13.9. The molecule has 2 rings (SSSR count). The van der Waals surface area contributed by atoms with Gasteiger partial charge in [-0.3, -0.25) is 0 Å². The molecule has 2 aromatic heterocycles. The monoisotopic (exact) mass is 262 g/mol. The van der Waals surface area contributed by atoms with E-state index in [1.807, 2.05) is 12.1 Å². The highest BCUT2D eigenvalue weighted by molar-refractivity contribution is 5.33. The fraction of sp³-hybridized carbons (Fsp3) is 0.692. The Morgan fingerprint density at radius 2 is 2.11 bits per heavy atom. The Bertz CT molecular complexity index is 527. The highest BCUT2D eigenvalue weighted by atomic mass is 15.6. The number of rotatable bonds is 5. The van der Waals surface area contributed by atoms with Crippen LogP contribution in [0, 0.1) is 5.41 Å². The van der Waals surface area contributed by atoms with Crippen molar-refractivity contribution in [3.05, 3.63) is 17.8 Å². The van der Waals surface area contributed by atoms with Crippen molar-refractivity contribution in [3.8, 4) is 0 Å². The number of hydrogen-bond acceptors (Lipinski definition) is 5. The summed E-state index contributed by atoms with van der Waals surface area (Å²) in [6, 6.07) is 4.29. The molecule has 2 aromatic rings. The second kappa shape index (κ2) is 5.61. The van der Waals surface area contributed by atoms with Gasteiger partial charge in [0.25, 0.3) is 0 Å². The molecule has 1 N–H and O–H groups in total. The van der Waals surface area contributed by atoms with E-state index in [1.54, 1.807) is 0 Å². The second-order valence-corrected chi connectivity index (χ2v) is 5.93. The SMILES string of the molecule is CCCNC(Cc1ccc2nnnn2n1)C(C)(C)C. The Morgan fingerprint density at radius 3 is 2.79 bits per heavy atom. The molecule has 0 aliphatic heterocycles. The van der Waals surface area contributed by atoms with Gasteiger partial charge in [0.2, 0.25) is 0 Å². The summed E-state index contributed by atoms with van der Waals surface area (Å²) in [4.78, 5) is 0. The van der Waals surface area contributed by atoms with Gasteiger partial charge in [-0.25, -0.2) is 0 Å². The highest BCUT2D eigenvalue weighted by Crippen LogP contribution is 2.22. The lowest BCUT2D eigenvalue weighted by atomic mass is 9.84. The van der Waals surface area contributed by atoms with Crippen LogP contribution in [0.25, 0.3) is 5.65 Å². The number of tetrazole rings is 1. The van der Waals surface area contributed by atoms with Crippen molar-refractivity contribution in [2.24, 2.45) is 5.41 Å².